The van der Waals surface area contributed by atoms with Gasteiger partial charge in [0.15, 0.2) is 0 Å². The van der Waals surface area contributed by atoms with Crippen molar-refractivity contribution in [2.75, 3.05) is 7.11 Å². The van der Waals surface area contributed by atoms with E-state index in [-0.39, 0.29) is 22.9 Å². The number of aromatic nitrogens is 1. The normalized spacial score (nSPS) is 12.5. The first kappa shape index (κ1) is 24.5. The van der Waals surface area contributed by atoms with Crippen molar-refractivity contribution in [2.45, 2.75) is 50.6 Å². The average molecular weight is 425 g/mol. The van der Waals surface area contributed by atoms with Crippen LogP contribution in [-0.2, 0) is 14.9 Å². The summed E-state index contributed by atoms with van der Waals surface area (Å²) >= 11 is 0. The molecule has 9 heteroatoms. The Kier molecular flexibility index (Phi) is 8.75. The van der Waals surface area contributed by atoms with E-state index >= 15 is 0 Å². The summed E-state index contributed by atoms with van der Waals surface area (Å²) in [6.45, 7) is 7.84. The van der Waals surface area contributed by atoms with E-state index in [0.717, 1.165) is 11.1 Å². The van der Waals surface area contributed by atoms with E-state index in [1.165, 1.54) is 12.1 Å². The summed E-state index contributed by atoms with van der Waals surface area (Å²) in [4.78, 5) is 14.9. The fourth-order valence-electron chi connectivity index (χ4n) is 2.38. The number of methoxy groups -OCH3 is 1. The van der Waals surface area contributed by atoms with Crippen LogP contribution in [0.2, 0.25) is 0 Å². The van der Waals surface area contributed by atoms with Crippen molar-refractivity contribution in [2.24, 2.45) is 0 Å². The molecule has 2 aromatic rings. The van der Waals surface area contributed by atoms with Gasteiger partial charge in [-0.3, -0.25) is 9.35 Å². The number of hydrogen-bond donors (Lipinski definition) is 3. The van der Waals surface area contributed by atoms with Gasteiger partial charge in [-0.2, -0.15) is 8.42 Å². The highest BCUT2D eigenvalue weighted by Gasteiger charge is 2.21. The number of aliphatic carboxylic acids is 1. The van der Waals surface area contributed by atoms with Crippen LogP contribution in [0.3, 0.4) is 0 Å². The van der Waals surface area contributed by atoms with Gasteiger partial charge in [0, 0.05) is 23.8 Å². The van der Waals surface area contributed by atoms with Gasteiger partial charge in [-0.25, -0.2) is 4.98 Å². The Morgan fingerprint density at radius 3 is 2.14 bits per heavy atom. The molecule has 8 nitrogen and oxygen atoms in total. The van der Waals surface area contributed by atoms with Gasteiger partial charge < -0.3 is 15.2 Å². The van der Waals surface area contributed by atoms with Crippen LogP contribution in [-0.4, -0.2) is 41.7 Å². The molecule has 2 rings (SSSR count). The largest absolute Gasteiger partial charge is 0.481 e. The predicted molar refractivity (Wildman–Crippen MR) is 110 cm³/mol. The summed E-state index contributed by atoms with van der Waals surface area (Å²) in [5.74, 6) is -0.323. The number of ether oxygens (including phenoxy) is 1. The van der Waals surface area contributed by atoms with Gasteiger partial charge in [-0.15, -0.1) is 0 Å². The van der Waals surface area contributed by atoms with Crippen LogP contribution in [0.4, 0.5) is 0 Å². The standard InChI is InChI=1S/C13H20N2O3.C7H8O3S/c1-13(2,3)15-10(7-12(16)17)9-5-6-11(18-4)14-8-9;1-6-2-4-7(5-3-6)11(8,9)10/h5-6,8,10,15H,7H2,1-4H3,(H,16,17);2-5H,1H3,(H,8,9,10)/t10-;/m0./s1. The van der Waals surface area contributed by atoms with E-state index < -0.39 is 16.1 Å². The van der Waals surface area contributed by atoms with Crippen LogP contribution in [0.1, 0.15) is 44.4 Å². The molecule has 0 aliphatic heterocycles. The lowest BCUT2D eigenvalue weighted by atomic mass is 10.0. The molecule has 1 atom stereocenters. The van der Waals surface area contributed by atoms with Gasteiger partial charge in [0.25, 0.3) is 10.1 Å². The maximum absolute atomic E-state index is 10.9. The number of carboxylic acids is 1. The molecule has 0 fully saturated rings. The number of nitrogens with zero attached hydrogens (tertiary/aromatic N) is 1. The summed E-state index contributed by atoms with van der Waals surface area (Å²) in [6, 6.07) is 9.29. The minimum Gasteiger partial charge on any atom is -0.481 e. The fraction of sp³-hybridized carbons (Fsp3) is 0.400. The summed E-state index contributed by atoms with van der Waals surface area (Å²) in [6.07, 6.45) is 1.66. The van der Waals surface area contributed by atoms with Gasteiger partial charge in [-0.05, 0) is 45.4 Å². The third kappa shape index (κ3) is 9.51. The van der Waals surface area contributed by atoms with E-state index in [1.54, 1.807) is 31.5 Å². The topological polar surface area (TPSA) is 126 Å². The van der Waals surface area contributed by atoms with Crippen molar-refractivity contribution in [1.29, 1.82) is 0 Å². The van der Waals surface area contributed by atoms with Crippen molar-refractivity contribution >= 4 is 16.1 Å². The van der Waals surface area contributed by atoms with Crippen LogP contribution < -0.4 is 10.1 Å². The zero-order valence-electron chi connectivity index (χ0n) is 17.2. The molecule has 0 radical (unpaired) electrons. The van der Waals surface area contributed by atoms with Crippen LogP contribution >= 0.6 is 0 Å². The van der Waals surface area contributed by atoms with Crippen molar-refractivity contribution in [3.8, 4) is 5.88 Å². The Labute approximate surface area is 171 Å². The molecular weight excluding hydrogens is 396 g/mol. The monoisotopic (exact) mass is 424 g/mol. The van der Waals surface area contributed by atoms with Crippen molar-refractivity contribution in [3.63, 3.8) is 0 Å². The van der Waals surface area contributed by atoms with Crippen LogP contribution in [0.15, 0.2) is 47.5 Å². The molecule has 0 saturated heterocycles. The highest BCUT2D eigenvalue weighted by molar-refractivity contribution is 7.85. The predicted octanol–water partition coefficient (Wildman–Crippen LogP) is 3.24. The van der Waals surface area contributed by atoms with E-state index in [1.807, 2.05) is 33.8 Å². The zero-order chi connectivity index (χ0) is 22.2. The zero-order valence-corrected chi connectivity index (χ0v) is 18.0. The van der Waals surface area contributed by atoms with Gasteiger partial charge in [0.2, 0.25) is 5.88 Å². The molecular formula is C20H28N2O6S. The highest BCUT2D eigenvalue weighted by atomic mass is 32.2. The molecule has 0 aliphatic carbocycles. The fourth-order valence-corrected chi connectivity index (χ4v) is 2.86. The van der Waals surface area contributed by atoms with Gasteiger partial charge in [-0.1, -0.05) is 23.8 Å². The smallest absolute Gasteiger partial charge is 0.305 e. The van der Waals surface area contributed by atoms with Crippen LogP contribution in [0.5, 0.6) is 5.88 Å². The highest BCUT2D eigenvalue weighted by Crippen LogP contribution is 2.21. The lowest BCUT2D eigenvalue weighted by Crippen LogP contribution is -2.39. The van der Waals surface area contributed by atoms with Crippen LogP contribution in [0, 0.1) is 6.92 Å². The van der Waals surface area contributed by atoms with Crippen molar-refractivity contribution in [3.05, 3.63) is 53.7 Å². The molecule has 0 bridgehead atoms. The number of aryl methyl sites for hydroxylation is 1. The molecule has 0 saturated carbocycles. The Morgan fingerprint density at radius 2 is 1.76 bits per heavy atom. The lowest BCUT2D eigenvalue weighted by molar-refractivity contribution is -0.137. The second-order valence-electron chi connectivity index (χ2n) is 7.47. The number of pyridine rings is 1. The minimum absolute atomic E-state index is 0.0191. The van der Waals surface area contributed by atoms with Gasteiger partial charge >= 0.3 is 5.97 Å². The molecule has 0 spiro atoms. The number of nitrogens with one attached hydrogen (secondary N) is 1. The number of carboxylic acid groups (broad SMARTS) is 1. The minimum atomic E-state index is -4.02. The van der Waals surface area contributed by atoms with Crippen LogP contribution in [0.25, 0.3) is 0 Å². The van der Waals surface area contributed by atoms with Crippen molar-refractivity contribution in [1.82, 2.24) is 10.3 Å². The SMILES string of the molecule is COc1ccc([C@H](CC(=O)O)NC(C)(C)C)cn1.Cc1ccc(S(=O)(=O)O)cc1. The number of benzene rings is 1. The maximum Gasteiger partial charge on any atom is 0.305 e. The summed E-state index contributed by atoms with van der Waals surface area (Å²) in [5.41, 5.74) is 1.63. The first-order chi connectivity index (χ1) is 13.3. The number of hydrogen-bond acceptors (Lipinski definition) is 6. The molecule has 3 N–H and O–H groups in total. The summed E-state index contributed by atoms with van der Waals surface area (Å²) < 4.78 is 34.5. The van der Waals surface area contributed by atoms with Gasteiger partial charge in [0.1, 0.15) is 0 Å². The number of rotatable bonds is 6. The Balaban J connectivity index is 0.000000326. The molecule has 29 heavy (non-hydrogen) atoms. The molecule has 0 aliphatic rings. The molecule has 1 aromatic carbocycles. The summed E-state index contributed by atoms with van der Waals surface area (Å²) in [7, 11) is -2.47. The first-order valence-electron chi connectivity index (χ1n) is 8.85. The lowest BCUT2D eigenvalue weighted by Gasteiger charge is -2.27. The van der Waals surface area contributed by atoms with E-state index in [2.05, 4.69) is 10.3 Å². The quantitative estimate of drug-likeness (QED) is 0.604. The third-order valence-electron chi connectivity index (χ3n) is 3.68. The average Bonchev–Trinajstić information content (AvgIpc) is 2.60. The summed E-state index contributed by atoms with van der Waals surface area (Å²) in [5, 5.41) is 12.2. The second-order valence-corrected chi connectivity index (χ2v) is 8.89. The molecule has 160 valence electrons. The number of carbonyl (C=O) groups is 1. The molecule has 0 unspecified atom stereocenters. The maximum atomic E-state index is 10.9. The molecule has 0 amide bonds. The van der Waals surface area contributed by atoms with E-state index in [4.69, 9.17) is 14.4 Å². The van der Waals surface area contributed by atoms with Crippen molar-refractivity contribution < 1.29 is 27.6 Å². The Hall–Kier alpha value is -2.49. The Bertz CT molecular complexity index is 888. The second kappa shape index (κ2) is 10.3. The van der Waals surface area contributed by atoms with Gasteiger partial charge in [0.05, 0.1) is 18.4 Å². The molecule has 1 aromatic heterocycles. The Morgan fingerprint density at radius 1 is 1.17 bits per heavy atom. The van der Waals surface area contributed by atoms with E-state index in [9.17, 15) is 13.2 Å². The van der Waals surface area contributed by atoms with E-state index in [0.29, 0.717) is 5.88 Å². The third-order valence-corrected chi connectivity index (χ3v) is 4.54. The molecule has 1 heterocycles. The first-order valence-corrected chi connectivity index (χ1v) is 10.3.